The zero-order valence-corrected chi connectivity index (χ0v) is 19.2. The molecule has 0 N–H and O–H groups in total. The molecule has 0 fully saturated rings. The number of aryl methyl sites for hydroxylation is 2. The van der Waals surface area contributed by atoms with Gasteiger partial charge in [-0.15, -0.1) is 0 Å². The molecular formula is C23H28ClFN4O2. The van der Waals surface area contributed by atoms with Crippen molar-refractivity contribution in [3.05, 3.63) is 57.9 Å². The molecule has 0 radical (unpaired) electrons. The second kappa shape index (κ2) is 10.2. The molecule has 6 nitrogen and oxygen atoms in total. The highest BCUT2D eigenvalue weighted by atomic mass is 35.5. The molecule has 2 aromatic rings. The Bertz CT molecular complexity index is 992. The number of pyridine rings is 2. The number of aromatic nitrogens is 2. The minimum absolute atomic E-state index is 0.145. The van der Waals surface area contributed by atoms with E-state index in [1.54, 1.807) is 0 Å². The third-order valence-electron chi connectivity index (χ3n) is 4.93. The van der Waals surface area contributed by atoms with E-state index in [9.17, 15) is 4.39 Å². The molecule has 1 aliphatic rings. The van der Waals surface area contributed by atoms with Gasteiger partial charge in [-0.3, -0.25) is 9.97 Å². The Morgan fingerprint density at radius 2 is 2.00 bits per heavy atom. The van der Waals surface area contributed by atoms with Gasteiger partial charge in [0.25, 0.3) is 0 Å². The number of rotatable bonds is 8. The van der Waals surface area contributed by atoms with E-state index in [1.165, 1.54) is 17.8 Å². The number of fused-ring (bicyclic) bond motifs is 1. The maximum absolute atomic E-state index is 14.1. The van der Waals surface area contributed by atoms with Crippen LogP contribution in [0, 0.1) is 18.2 Å². The van der Waals surface area contributed by atoms with Crippen LogP contribution in [0.15, 0.2) is 34.7 Å². The Morgan fingerprint density at radius 3 is 2.74 bits per heavy atom. The second-order valence-corrected chi connectivity index (χ2v) is 8.87. The van der Waals surface area contributed by atoms with Crippen molar-refractivity contribution in [2.45, 2.75) is 53.4 Å². The summed E-state index contributed by atoms with van der Waals surface area (Å²) in [5, 5.41) is 8.70. The minimum Gasteiger partial charge on any atom is -0.395 e. The van der Waals surface area contributed by atoms with Gasteiger partial charge in [0.1, 0.15) is 30.3 Å². The molecule has 2 aromatic heterocycles. The van der Waals surface area contributed by atoms with Gasteiger partial charge in [0.05, 0.1) is 10.7 Å². The zero-order valence-electron chi connectivity index (χ0n) is 18.4. The van der Waals surface area contributed by atoms with Crippen LogP contribution in [0.3, 0.4) is 0 Å². The molecule has 0 aliphatic heterocycles. The molecule has 0 spiro atoms. The van der Waals surface area contributed by atoms with Crippen molar-refractivity contribution in [3.8, 4) is 0 Å². The highest BCUT2D eigenvalue weighted by Gasteiger charge is 2.22. The molecule has 1 aliphatic carbocycles. The topological polar surface area (TPSA) is 69.0 Å². The van der Waals surface area contributed by atoms with Crippen LogP contribution in [-0.4, -0.2) is 34.6 Å². The van der Waals surface area contributed by atoms with E-state index in [-0.39, 0.29) is 22.7 Å². The SMILES string of the molecule is CCC(=NOCC(C)(C)CON=C1CCCc2ccc(C)nc21)c1ncc(Cl)cc1F. The fourth-order valence-electron chi connectivity index (χ4n) is 3.20. The van der Waals surface area contributed by atoms with E-state index in [0.29, 0.717) is 18.7 Å². The first-order valence-electron chi connectivity index (χ1n) is 10.4. The van der Waals surface area contributed by atoms with Crippen LogP contribution in [0.1, 0.15) is 62.7 Å². The van der Waals surface area contributed by atoms with Crippen molar-refractivity contribution in [2.75, 3.05) is 13.2 Å². The summed E-state index contributed by atoms with van der Waals surface area (Å²) >= 11 is 5.77. The highest BCUT2D eigenvalue weighted by Crippen LogP contribution is 2.22. The average molecular weight is 447 g/mol. The van der Waals surface area contributed by atoms with Crippen molar-refractivity contribution < 1.29 is 14.1 Å². The predicted molar refractivity (Wildman–Crippen MR) is 120 cm³/mol. The molecule has 8 heteroatoms. The molecule has 2 heterocycles. The van der Waals surface area contributed by atoms with Crippen LogP contribution in [-0.2, 0) is 16.1 Å². The van der Waals surface area contributed by atoms with Crippen molar-refractivity contribution in [1.82, 2.24) is 9.97 Å². The van der Waals surface area contributed by atoms with Crippen molar-refractivity contribution in [2.24, 2.45) is 15.7 Å². The lowest BCUT2D eigenvalue weighted by Gasteiger charge is -2.22. The van der Waals surface area contributed by atoms with Gasteiger partial charge in [0.15, 0.2) is 5.82 Å². The van der Waals surface area contributed by atoms with E-state index in [0.717, 1.165) is 36.4 Å². The zero-order chi connectivity index (χ0) is 22.4. The molecule has 3 rings (SSSR count). The Hall–Kier alpha value is -2.54. The lowest BCUT2D eigenvalue weighted by atomic mass is 9.94. The summed E-state index contributed by atoms with van der Waals surface area (Å²) in [6.07, 6.45) is 4.77. The molecule has 0 bridgehead atoms. The van der Waals surface area contributed by atoms with Crippen LogP contribution in [0.2, 0.25) is 5.02 Å². The third-order valence-corrected chi connectivity index (χ3v) is 5.13. The van der Waals surface area contributed by atoms with Gasteiger partial charge >= 0.3 is 0 Å². The number of oxime groups is 2. The van der Waals surface area contributed by atoms with Crippen molar-refractivity contribution >= 4 is 23.0 Å². The second-order valence-electron chi connectivity index (χ2n) is 8.44. The lowest BCUT2D eigenvalue weighted by Crippen LogP contribution is -2.25. The molecule has 0 saturated carbocycles. The Labute approximate surface area is 187 Å². The van der Waals surface area contributed by atoms with Crippen molar-refractivity contribution in [1.29, 1.82) is 0 Å². The summed E-state index contributed by atoms with van der Waals surface area (Å²) in [6.45, 7) is 8.45. The molecule has 0 amide bonds. The fourth-order valence-corrected chi connectivity index (χ4v) is 3.35. The normalized spacial score (nSPS) is 15.7. The number of halogens is 2. The first-order valence-corrected chi connectivity index (χ1v) is 10.8. The number of hydrogen-bond donors (Lipinski definition) is 0. The first kappa shape index (κ1) is 23.1. The van der Waals surface area contributed by atoms with Gasteiger partial charge in [-0.2, -0.15) is 0 Å². The molecule has 0 saturated heterocycles. The Balaban J connectivity index is 1.59. The minimum atomic E-state index is -0.522. The summed E-state index contributed by atoms with van der Waals surface area (Å²) in [5.74, 6) is -0.522. The van der Waals surface area contributed by atoms with Crippen molar-refractivity contribution in [3.63, 3.8) is 0 Å². The predicted octanol–water partition coefficient (Wildman–Crippen LogP) is 5.49. The standard InChI is InChI=1S/C23H28ClFN4O2/c1-5-19(22-18(25)11-17(24)12-26-22)28-30-13-23(3,4)14-31-29-20-8-6-7-16-10-9-15(2)27-21(16)20/h9-12H,5-8,13-14H2,1-4H3. The Morgan fingerprint density at radius 1 is 1.23 bits per heavy atom. The average Bonchev–Trinajstić information content (AvgIpc) is 2.72. The number of hydrogen-bond acceptors (Lipinski definition) is 6. The van der Waals surface area contributed by atoms with Crippen LogP contribution < -0.4 is 0 Å². The van der Waals surface area contributed by atoms with Gasteiger partial charge in [0.2, 0.25) is 0 Å². The molecule has 0 unspecified atom stereocenters. The van der Waals surface area contributed by atoms with Gasteiger partial charge in [-0.1, -0.05) is 48.7 Å². The molecular weight excluding hydrogens is 419 g/mol. The van der Waals surface area contributed by atoms with Gasteiger partial charge in [-0.25, -0.2) is 4.39 Å². The highest BCUT2D eigenvalue weighted by molar-refractivity contribution is 6.30. The summed E-state index contributed by atoms with van der Waals surface area (Å²) in [5.41, 5.74) is 4.23. The summed E-state index contributed by atoms with van der Waals surface area (Å²) in [6, 6.07) is 5.36. The smallest absolute Gasteiger partial charge is 0.152 e. The summed E-state index contributed by atoms with van der Waals surface area (Å²) < 4.78 is 14.1. The maximum atomic E-state index is 14.1. The van der Waals surface area contributed by atoms with Crippen LogP contribution in [0.5, 0.6) is 0 Å². The van der Waals surface area contributed by atoms with Crippen LogP contribution >= 0.6 is 11.6 Å². The molecule has 0 atom stereocenters. The van der Waals surface area contributed by atoms with Crippen LogP contribution in [0.25, 0.3) is 0 Å². The summed E-state index contributed by atoms with van der Waals surface area (Å²) in [4.78, 5) is 19.8. The maximum Gasteiger partial charge on any atom is 0.152 e. The van der Waals surface area contributed by atoms with E-state index in [2.05, 4.69) is 26.3 Å². The molecule has 31 heavy (non-hydrogen) atoms. The lowest BCUT2D eigenvalue weighted by molar-refractivity contribution is -0.000270. The largest absolute Gasteiger partial charge is 0.395 e. The van der Waals surface area contributed by atoms with E-state index >= 15 is 0 Å². The fraction of sp³-hybridized carbons (Fsp3) is 0.478. The van der Waals surface area contributed by atoms with Crippen LogP contribution in [0.4, 0.5) is 4.39 Å². The third kappa shape index (κ3) is 6.23. The molecule has 0 aromatic carbocycles. The number of nitrogens with zero attached hydrogens (tertiary/aromatic N) is 4. The first-order chi connectivity index (χ1) is 14.8. The van der Waals surface area contributed by atoms with Gasteiger partial charge < -0.3 is 9.68 Å². The monoisotopic (exact) mass is 446 g/mol. The quantitative estimate of drug-likeness (QED) is 0.397. The van der Waals surface area contributed by atoms with E-state index in [1.807, 2.05) is 33.8 Å². The van der Waals surface area contributed by atoms with E-state index < -0.39 is 5.82 Å². The molecule has 166 valence electrons. The summed E-state index contributed by atoms with van der Waals surface area (Å²) in [7, 11) is 0. The Kier molecular flexibility index (Phi) is 7.59. The van der Waals surface area contributed by atoms with Gasteiger partial charge in [0, 0.05) is 17.3 Å². The van der Waals surface area contributed by atoms with Gasteiger partial charge in [-0.05, 0) is 50.3 Å². The van der Waals surface area contributed by atoms with E-state index in [4.69, 9.17) is 21.3 Å².